The first-order valence-electron chi connectivity index (χ1n) is 9.68. The van der Waals surface area contributed by atoms with Crippen molar-refractivity contribution in [3.8, 4) is 11.1 Å². The minimum absolute atomic E-state index is 0.115. The van der Waals surface area contributed by atoms with Crippen LogP contribution in [0.5, 0.6) is 0 Å². The fourth-order valence-electron chi connectivity index (χ4n) is 3.34. The number of nitrogens with two attached hydrogens (primary N) is 1. The van der Waals surface area contributed by atoms with Crippen molar-refractivity contribution in [3.63, 3.8) is 0 Å². The van der Waals surface area contributed by atoms with E-state index in [9.17, 15) is 9.18 Å². The molecule has 158 valence electrons. The van der Waals surface area contributed by atoms with Crippen molar-refractivity contribution < 1.29 is 4.39 Å². The zero-order chi connectivity index (χ0) is 22.1. The quantitative estimate of drug-likeness (QED) is 0.442. The topological polar surface area (TPSA) is 98.7 Å². The van der Waals surface area contributed by atoms with Gasteiger partial charge in [0, 0.05) is 34.4 Å². The number of halogens is 1. The van der Waals surface area contributed by atoms with Gasteiger partial charge in [0.05, 0.1) is 4.90 Å². The van der Waals surface area contributed by atoms with Gasteiger partial charge in [-0.25, -0.2) is 14.4 Å². The number of pyridine rings is 2. The first kappa shape index (κ1) is 20.8. The Morgan fingerprint density at radius 2 is 1.90 bits per heavy atom. The number of nitrogens with zero attached hydrogens (tertiary/aromatic N) is 4. The molecule has 0 saturated carbocycles. The molecule has 3 N–H and O–H groups in total. The van der Waals surface area contributed by atoms with Crippen molar-refractivity contribution in [1.82, 2.24) is 19.5 Å². The van der Waals surface area contributed by atoms with Gasteiger partial charge in [0.25, 0.3) is 5.56 Å². The summed E-state index contributed by atoms with van der Waals surface area (Å²) in [6, 6.07) is 11.7. The SMILES string of the molecule is Cc1nc(NSc2ccccc2F)ccc1-c1cc2cnc(N)nc2n(C(C)C)c1=O. The van der Waals surface area contributed by atoms with Crippen molar-refractivity contribution in [2.24, 2.45) is 0 Å². The molecule has 7 nitrogen and oxygen atoms in total. The van der Waals surface area contributed by atoms with Gasteiger partial charge in [-0.2, -0.15) is 4.98 Å². The molecule has 1 aromatic carbocycles. The van der Waals surface area contributed by atoms with E-state index in [1.54, 1.807) is 41.1 Å². The molecule has 31 heavy (non-hydrogen) atoms. The second kappa shape index (κ2) is 8.35. The molecule has 0 saturated heterocycles. The summed E-state index contributed by atoms with van der Waals surface area (Å²) < 4.78 is 18.5. The van der Waals surface area contributed by atoms with Crippen LogP contribution in [0.15, 0.2) is 58.4 Å². The molecule has 3 aromatic heterocycles. The van der Waals surface area contributed by atoms with Gasteiger partial charge in [-0.05, 0) is 63.1 Å². The molecule has 0 aliphatic carbocycles. The number of hydrogen-bond donors (Lipinski definition) is 2. The largest absolute Gasteiger partial charge is 0.368 e. The third-order valence-electron chi connectivity index (χ3n) is 4.79. The molecule has 0 amide bonds. The zero-order valence-electron chi connectivity index (χ0n) is 17.3. The van der Waals surface area contributed by atoms with E-state index in [1.165, 1.54) is 6.07 Å². The van der Waals surface area contributed by atoms with E-state index in [0.29, 0.717) is 38.6 Å². The average molecular weight is 437 g/mol. The molecule has 0 unspecified atom stereocenters. The molecule has 0 atom stereocenters. The van der Waals surface area contributed by atoms with E-state index in [-0.39, 0.29) is 23.4 Å². The highest BCUT2D eigenvalue weighted by Crippen LogP contribution is 2.27. The standard InChI is InChI=1S/C22H21FN6OS/c1-12(2)29-20-14(11-25-22(24)27-20)10-16(21(29)30)15-8-9-19(26-13(15)3)28-31-18-7-5-4-6-17(18)23/h4-12H,1-3H3,(H,26,28)(H2,24,25,27). The Bertz CT molecular complexity index is 1340. The van der Waals surface area contributed by atoms with E-state index < -0.39 is 0 Å². The summed E-state index contributed by atoms with van der Waals surface area (Å²) in [5.41, 5.74) is 7.94. The second-order valence-corrected chi connectivity index (χ2v) is 8.15. The summed E-state index contributed by atoms with van der Waals surface area (Å²) in [5.74, 6) is 0.381. The third-order valence-corrected chi connectivity index (χ3v) is 5.65. The van der Waals surface area contributed by atoms with Crippen LogP contribution in [0.4, 0.5) is 16.2 Å². The molecule has 4 aromatic rings. The average Bonchev–Trinajstić information content (AvgIpc) is 2.73. The number of rotatable bonds is 5. The van der Waals surface area contributed by atoms with Gasteiger partial charge in [-0.1, -0.05) is 12.1 Å². The highest BCUT2D eigenvalue weighted by atomic mass is 32.2. The van der Waals surface area contributed by atoms with Gasteiger partial charge in [0.1, 0.15) is 17.3 Å². The van der Waals surface area contributed by atoms with Gasteiger partial charge >= 0.3 is 0 Å². The zero-order valence-corrected chi connectivity index (χ0v) is 18.1. The van der Waals surface area contributed by atoms with Crippen LogP contribution in [0.2, 0.25) is 0 Å². The number of fused-ring (bicyclic) bond motifs is 1. The first-order valence-corrected chi connectivity index (χ1v) is 10.5. The van der Waals surface area contributed by atoms with Gasteiger partial charge in [0.15, 0.2) is 0 Å². The van der Waals surface area contributed by atoms with Crippen LogP contribution in [0.3, 0.4) is 0 Å². The Kier molecular flexibility index (Phi) is 5.60. The number of benzene rings is 1. The van der Waals surface area contributed by atoms with Crippen LogP contribution in [-0.2, 0) is 0 Å². The van der Waals surface area contributed by atoms with Crippen molar-refractivity contribution in [2.75, 3.05) is 10.5 Å². The lowest BCUT2D eigenvalue weighted by Crippen LogP contribution is -2.25. The molecule has 0 bridgehead atoms. The first-order chi connectivity index (χ1) is 14.8. The molecular formula is C22H21FN6OS. The molecule has 0 aliphatic rings. The van der Waals surface area contributed by atoms with Gasteiger partial charge in [-0.3, -0.25) is 9.36 Å². The third kappa shape index (κ3) is 4.09. The van der Waals surface area contributed by atoms with Gasteiger partial charge < -0.3 is 10.5 Å². The summed E-state index contributed by atoms with van der Waals surface area (Å²) in [4.78, 5) is 26.6. The molecule has 4 rings (SSSR count). The Morgan fingerprint density at radius 1 is 1.13 bits per heavy atom. The summed E-state index contributed by atoms with van der Waals surface area (Å²) in [5, 5.41) is 0.717. The number of hydrogen-bond acceptors (Lipinski definition) is 7. The normalized spacial score (nSPS) is 11.3. The van der Waals surface area contributed by atoms with E-state index in [1.807, 2.05) is 26.8 Å². The number of anilines is 2. The number of nitrogen functional groups attached to an aromatic ring is 1. The van der Waals surface area contributed by atoms with Crippen molar-refractivity contribution in [2.45, 2.75) is 31.7 Å². The monoisotopic (exact) mass is 436 g/mol. The maximum Gasteiger partial charge on any atom is 0.260 e. The smallest absolute Gasteiger partial charge is 0.260 e. The van der Waals surface area contributed by atoms with Crippen LogP contribution in [-0.4, -0.2) is 19.5 Å². The molecule has 0 radical (unpaired) electrons. The molecular weight excluding hydrogens is 415 g/mol. The van der Waals surface area contributed by atoms with Crippen LogP contribution in [0.1, 0.15) is 25.6 Å². The fraction of sp³-hybridized carbons (Fsp3) is 0.182. The Morgan fingerprint density at radius 3 is 2.61 bits per heavy atom. The van der Waals surface area contributed by atoms with Crippen LogP contribution < -0.4 is 16.0 Å². The molecule has 0 spiro atoms. The molecule has 0 aliphatic heterocycles. The number of nitrogens with one attached hydrogen (secondary N) is 1. The van der Waals surface area contributed by atoms with E-state index in [0.717, 1.165) is 11.9 Å². The van der Waals surface area contributed by atoms with Gasteiger partial charge in [-0.15, -0.1) is 0 Å². The predicted octanol–water partition coefficient (Wildman–Crippen LogP) is 4.58. The molecule has 0 fully saturated rings. The van der Waals surface area contributed by atoms with Crippen molar-refractivity contribution >= 4 is 34.7 Å². The summed E-state index contributed by atoms with van der Waals surface area (Å²) in [7, 11) is 0. The van der Waals surface area contributed by atoms with Crippen molar-refractivity contribution in [1.29, 1.82) is 0 Å². The van der Waals surface area contributed by atoms with Crippen molar-refractivity contribution in [3.05, 3.63) is 70.5 Å². The second-order valence-electron chi connectivity index (χ2n) is 7.30. The van der Waals surface area contributed by atoms with E-state index in [4.69, 9.17) is 5.73 Å². The highest BCUT2D eigenvalue weighted by Gasteiger charge is 2.17. The summed E-state index contributed by atoms with van der Waals surface area (Å²) in [6.07, 6.45) is 1.61. The summed E-state index contributed by atoms with van der Waals surface area (Å²) >= 11 is 1.14. The minimum Gasteiger partial charge on any atom is -0.368 e. The lowest BCUT2D eigenvalue weighted by Gasteiger charge is -2.16. The Balaban J connectivity index is 1.73. The van der Waals surface area contributed by atoms with E-state index in [2.05, 4.69) is 19.7 Å². The molecule has 9 heteroatoms. The fourth-order valence-corrected chi connectivity index (χ4v) is 3.98. The maximum atomic E-state index is 13.8. The predicted molar refractivity (Wildman–Crippen MR) is 122 cm³/mol. The lowest BCUT2D eigenvalue weighted by atomic mass is 10.0. The van der Waals surface area contributed by atoms with Crippen LogP contribution in [0, 0.1) is 12.7 Å². The minimum atomic E-state index is -0.304. The molecule has 3 heterocycles. The van der Waals surface area contributed by atoms with Crippen LogP contribution in [0.25, 0.3) is 22.2 Å². The Labute approximate surface area is 182 Å². The van der Waals surface area contributed by atoms with Gasteiger partial charge in [0.2, 0.25) is 5.95 Å². The maximum absolute atomic E-state index is 13.8. The summed E-state index contributed by atoms with van der Waals surface area (Å²) in [6.45, 7) is 5.67. The number of aromatic nitrogens is 4. The Hall–Kier alpha value is -3.46. The van der Waals surface area contributed by atoms with E-state index >= 15 is 0 Å². The lowest BCUT2D eigenvalue weighted by molar-refractivity contribution is 0.596. The number of aryl methyl sites for hydroxylation is 1. The van der Waals surface area contributed by atoms with Crippen LogP contribution >= 0.6 is 11.9 Å². The highest BCUT2D eigenvalue weighted by molar-refractivity contribution is 8.00.